The number of carbonyl (C=O) groups excluding carboxylic acids is 2. The Morgan fingerprint density at radius 2 is 1.80 bits per heavy atom. The van der Waals surface area contributed by atoms with Gasteiger partial charge in [0, 0.05) is 36.8 Å². The van der Waals surface area contributed by atoms with E-state index < -0.39 is 12.1 Å². The van der Waals surface area contributed by atoms with Gasteiger partial charge in [0.2, 0.25) is 5.89 Å². The molecule has 0 aliphatic heterocycles. The number of nitrogens with one attached hydrogen (secondary N) is 2. The Labute approximate surface area is 255 Å². The Hall–Kier alpha value is -5.19. The maximum Gasteiger partial charge on any atom is 0.411 e. The summed E-state index contributed by atoms with van der Waals surface area (Å²) in [6, 6.07) is 17.6. The molecule has 0 spiro atoms. The number of carbonyl (C=O) groups is 3. The van der Waals surface area contributed by atoms with Crippen LogP contribution in [-0.4, -0.2) is 46.3 Å². The van der Waals surface area contributed by atoms with E-state index in [9.17, 15) is 14.4 Å². The SMILES string of the molecule is Cc1oc(-c2ccc(NC(=O)OCC(C)C)cc2)nc1CCOc1ccc(CCC(=O)O)c(CNC(=O)c2ccccn2)c1. The standard InChI is InChI=1S/C33H36N4O7/c1-21(2)20-43-33(41)36-26-11-7-24(8-12-26)32-37-28(22(3)44-32)15-17-42-27-13-9-23(10-14-30(38)39)25(18-27)19-35-31(40)29-6-4-5-16-34-29/h4-9,11-13,16,18,21H,10,14-15,17,19-20H2,1-3H3,(H,35,40)(H,36,41)(H,38,39). The number of pyridine rings is 1. The Balaban J connectivity index is 1.35. The molecule has 0 unspecified atom stereocenters. The molecular formula is C33H36N4O7. The lowest BCUT2D eigenvalue weighted by molar-refractivity contribution is -0.136. The second kappa shape index (κ2) is 15.3. The molecule has 0 saturated heterocycles. The molecular weight excluding hydrogens is 564 g/mol. The van der Waals surface area contributed by atoms with Gasteiger partial charge in [-0.2, -0.15) is 0 Å². The summed E-state index contributed by atoms with van der Waals surface area (Å²) in [5.74, 6) is 0.744. The van der Waals surface area contributed by atoms with Gasteiger partial charge >= 0.3 is 12.1 Å². The number of rotatable bonds is 14. The van der Waals surface area contributed by atoms with Crippen molar-refractivity contribution < 1.29 is 33.4 Å². The van der Waals surface area contributed by atoms with E-state index in [4.69, 9.17) is 19.0 Å². The molecule has 0 radical (unpaired) electrons. The zero-order chi connectivity index (χ0) is 31.5. The number of anilines is 1. The van der Waals surface area contributed by atoms with Crippen molar-refractivity contribution in [1.29, 1.82) is 0 Å². The van der Waals surface area contributed by atoms with Crippen LogP contribution >= 0.6 is 0 Å². The molecule has 2 heterocycles. The second-order valence-electron chi connectivity index (χ2n) is 10.5. The first-order valence-corrected chi connectivity index (χ1v) is 14.3. The first kappa shape index (κ1) is 31.7. The van der Waals surface area contributed by atoms with Gasteiger partial charge in [-0.15, -0.1) is 0 Å². The van der Waals surface area contributed by atoms with Crippen LogP contribution in [0.5, 0.6) is 5.75 Å². The fraction of sp³-hybridized carbons (Fsp3) is 0.303. The van der Waals surface area contributed by atoms with Gasteiger partial charge in [0.15, 0.2) is 0 Å². The van der Waals surface area contributed by atoms with E-state index >= 15 is 0 Å². The minimum absolute atomic E-state index is 0.0285. The van der Waals surface area contributed by atoms with E-state index in [0.717, 1.165) is 22.4 Å². The molecule has 230 valence electrons. The van der Waals surface area contributed by atoms with Crippen molar-refractivity contribution >= 4 is 23.7 Å². The Morgan fingerprint density at radius 1 is 1.00 bits per heavy atom. The minimum atomic E-state index is -0.898. The number of carboxylic acid groups (broad SMARTS) is 1. The molecule has 4 rings (SSSR count). The van der Waals surface area contributed by atoms with Crippen LogP contribution in [0.1, 0.15) is 53.3 Å². The van der Waals surface area contributed by atoms with Crippen LogP contribution in [0.3, 0.4) is 0 Å². The van der Waals surface area contributed by atoms with Gasteiger partial charge in [-0.25, -0.2) is 9.78 Å². The maximum atomic E-state index is 12.5. The van der Waals surface area contributed by atoms with Gasteiger partial charge in [0.25, 0.3) is 5.91 Å². The molecule has 0 fully saturated rings. The number of hydrogen-bond acceptors (Lipinski definition) is 8. The number of nitrogens with zero attached hydrogens (tertiary/aromatic N) is 2. The molecule has 2 amide bonds. The molecule has 0 saturated carbocycles. The third kappa shape index (κ3) is 9.41. The molecule has 2 aromatic heterocycles. The van der Waals surface area contributed by atoms with Gasteiger partial charge in [0.05, 0.1) is 18.9 Å². The lowest BCUT2D eigenvalue weighted by atomic mass is 10.0. The topological polar surface area (TPSA) is 153 Å². The van der Waals surface area contributed by atoms with E-state index in [2.05, 4.69) is 20.6 Å². The van der Waals surface area contributed by atoms with Crippen molar-refractivity contribution in [3.05, 3.63) is 95.1 Å². The highest BCUT2D eigenvalue weighted by molar-refractivity contribution is 5.92. The van der Waals surface area contributed by atoms with Crippen LogP contribution in [0.15, 0.2) is 71.3 Å². The van der Waals surface area contributed by atoms with Crippen LogP contribution in [0.25, 0.3) is 11.5 Å². The summed E-state index contributed by atoms with van der Waals surface area (Å²) in [6.07, 6.45) is 1.83. The highest BCUT2D eigenvalue weighted by Crippen LogP contribution is 2.25. The van der Waals surface area contributed by atoms with Crippen molar-refractivity contribution in [2.24, 2.45) is 5.92 Å². The second-order valence-corrected chi connectivity index (χ2v) is 10.5. The number of carboxylic acids is 1. The largest absolute Gasteiger partial charge is 0.493 e. The normalized spacial score (nSPS) is 10.8. The summed E-state index contributed by atoms with van der Waals surface area (Å²) in [5.41, 5.74) is 3.98. The number of amides is 2. The predicted molar refractivity (Wildman–Crippen MR) is 163 cm³/mol. The summed E-state index contributed by atoms with van der Waals surface area (Å²) in [4.78, 5) is 44.3. The smallest absolute Gasteiger partial charge is 0.411 e. The molecule has 2 aromatic carbocycles. The van der Waals surface area contributed by atoms with E-state index in [-0.39, 0.29) is 24.8 Å². The van der Waals surface area contributed by atoms with Gasteiger partial charge in [-0.05, 0) is 78.9 Å². The van der Waals surface area contributed by atoms with E-state index in [1.165, 1.54) is 0 Å². The van der Waals surface area contributed by atoms with E-state index in [1.807, 2.05) is 45.0 Å². The molecule has 11 heteroatoms. The van der Waals surface area contributed by atoms with Crippen LogP contribution in [0, 0.1) is 12.8 Å². The monoisotopic (exact) mass is 600 g/mol. The summed E-state index contributed by atoms with van der Waals surface area (Å²) < 4.78 is 17.0. The van der Waals surface area contributed by atoms with E-state index in [1.54, 1.807) is 42.6 Å². The number of aryl methyl sites for hydroxylation is 2. The van der Waals surface area contributed by atoms with Gasteiger partial charge in [-0.1, -0.05) is 26.0 Å². The highest BCUT2D eigenvalue weighted by atomic mass is 16.5. The number of benzene rings is 2. The van der Waals surface area contributed by atoms with Crippen molar-refractivity contribution in [2.45, 2.75) is 46.6 Å². The lowest BCUT2D eigenvalue weighted by Gasteiger charge is -2.13. The van der Waals surface area contributed by atoms with E-state index in [0.29, 0.717) is 54.8 Å². The van der Waals surface area contributed by atoms with Crippen molar-refractivity contribution in [3.8, 4) is 17.2 Å². The maximum absolute atomic E-state index is 12.5. The fourth-order valence-corrected chi connectivity index (χ4v) is 4.25. The van der Waals surface area contributed by atoms with Crippen molar-refractivity contribution in [1.82, 2.24) is 15.3 Å². The number of aromatic nitrogens is 2. The zero-order valence-corrected chi connectivity index (χ0v) is 25.0. The Bertz CT molecular complexity index is 1570. The molecule has 0 aliphatic rings. The fourth-order valence-electron chi connectivity index (χ4n) is 4.25. The van der Waals surface area contributed by atoms with Crippen LogP contribution in [-0.2, 0) is 28.9 Å². The number of oxazole rings is 1. The molecule has 0 atom stereocenters. The van der Waals surface area contributed by atoms with Crippen molar-refractivity contribution in [2.75, 3.05) is 18.5 Å². The van der Waals surface area contributed by atoms with Crippen LogP contribution in [0.2, 0.25) is 0 Å². The summed E-state index contributed by atoms with van der Waals surface area (Å²) in [7, 11) is 0. The first-order chi connectivity index (χ1) is 21.2. The van der Waals surface area contributed by atoms with Gasteiger partial charge < -0.3 is 24.3 Å². The quantitative estimate of drug-likeness (QED) is 0.163. The average molecular weight is 601 g/mol. The first-order valence-electron chi connectivity index (χ1n) is 14.3. The van der Waals surface area contributed by atoms with Crippen LogP contribution in [0.4, 0.5) is 10.5 Å². The molecule has 11 nitrogen and oxygen atoms in total. The summed E-state index contributed by atoms with van der Waals surface area (Å²) in [5, 5.41) is 14.7. The molecule has 3 N–H and O–H groups in total. The average Bonchev–Trinajstić information content (AvgIpc) is 3.39. The van der Waals surface area contributed by atoms with Crippen LogP contribution < -0.4 is 15.4 Å². The minimum Gasteiger partial charge on any atom is -0.493 e. The third-order valence-electron chi connectivity index (χ3n) is 6.55. The molecule has 0 bridgehead atoms. The number of ether oxygens (including phenoxy) is 2. The molecule has 4 aromatic rings. The van der Waals surface area contributed by atoms with Gasteiger partial charge in [0.1, 0.15) is 17.2 Å². The number of hydrogen-bond donors (Lipinski definition) is 3. The molecule has 44 heavy (non-hydrogen) atoms. The van der Waals surface area contributed by atoms with Crippen molar-refractivity contribution in [3.63, 3.8) is 0 Å². The molecule has 0 aliphatic carbocycles. The summed E-state index contributed by atoms with van der Waals surface area (Å²) in [6.45, 7) is 6.64. The highest BCUT2D eigenvalue weighted by Gasteiger charge is 2.14. The zero-order valence-electron chi connectivity index (χ0n) is 25.0. The predicted octanol–water partition coefficient (Wildman–Crippen LogP) is 5.82. The number of aliphatic carboxylic acids is 1. The third-order valence-corrected chi connectivity index (χ3v) is 6.55. The van der Waals surface area contributed by atoms with Gasteiger partial charge in [-0.3, -0.25) is 19.9 Å². The Kier molecular flexibility index (Phi) is 11.1. The Morgan fingerprint density at radius 3 is 2.50 bits per heavy atom. The lowest BCUT2D eigenvalue weighted by Crippen LogP contribution is -2.24. The summed E-state index contributed by atoms with van der Waals surface area (Å²) >= 11 is 0.